The van der Waals surface area contributed by atoms with Crippen LogP contribution < -0.4 is 11.3 Å². The van der Waals surface area contributed by atoms with E-state index in [0.29, 0.717) is 0 Å². The lowest BCUT2D eigenvalue weighted by molar-refractivity contribution is 0.149. The zero-order chi connectivity index (χ0) is 10.7. The van der Waals surface area contributed by atoms with Crippen molar-refractivity contribution in [2.45, 2.75) is 13.0 Å². The van der Waals surface area contributed by atoms with Crippen molar-refractivity contribution in [1.29, 1.82) is 5.26 Å². The number of nitrogens with zero attached hydrogens (tertiary/aromatic N) is 1. The molecule has 0 aliphatic rings. The number of alkyl halides is 2. The van der Waals surface area contributed by atoms with Crippen LogP contribution in [0.5, 0.6) is 0 Å². The highest BCUT2D eigenvalue weighted by molar-refractivity contribution is 5.40. The normalized spacial score (nSPS) is 10.2. The van der Waals surface area contributed by atoms with Crippen molar-refractivity contribution in [3.63, 3.8) is 0 Å². The molecule has 3 N–H and O–H groups in total. The van der Waals surface area contributed by atoms with E-state index in [1.807, 2.05) is 0 Å². The second-order valence-electron chi connectivity index (χ2n) is 2.54. The summed E-state index contributed by atoms with van der Waals surface area (Å²) >= 11 is 0. The summed E-state index contributed by atoms with van der Waals surface area (Å²) < 4.78 is 25.0. The Morgan fingerprint density at radius 2 is 2.29 bits per heavy atom. The maximum Gasteiger partial charge on any atom is 0.265 e. The maximum atomic E-state index is 12.5. The summed E-state index contributed by atoms with van der Waals surface area (Å²) in [5.74, 6) is 0. The van der Waals surface area contributed by atoms with Crippen molar-refractivity contribution >= 4 is 0 Å². The van der Waals surface area contributed by atoms with Crippen molar-refractivity contribution in [2.75, 3.05) is 0 Å². The first-order chi connectivity index (χ1) is 6.61. The van der Waals surface area contributed by atoms with Gasteiger partial charge in [-0.15, -0.1) is 0 Å². The molecule has 74 valence electrons. The number of aromatic amines is 1. The molecule has 0 fully saturated rings. The summed E-state index contributed by atoms with van der Waals surface area (Å²) in [6.45, 7) is -0.315. The van der Waals surface area contributed by atoms with Gasteiger partial charge in [0.05, 0.1) is 5.56 Å². The minimum atomic E-state index is -2.87. The third-order valence-electron chi connectivity index (χ3n) is 1.78. The van der Waals surface area contributed by atoms with E-state index in [1.165, 1.54) is 0 Å². The Kier molecular flexibility index (Phi) is 2.94. The molecule has 0 amide bonds. The van der Waals surface area contributed by atoms with Crippen LogP contribution in [0.4, 0.5) is 8.78 Å². The summed E-state index contributed by atoms with van der Waals surface area (Å²) in [6, 6.07) is 1.57. The van der Waals surface area contributed by atoms with Crippen LogP contribution in [0.2, 0.25) is 0 Å². The standard InChI is InChI=1S/C8H7F2N3O/c9-7(10)6-4(1-11)3-13-8(14)5(6)2-12/h3,7H,2,12H2,(H,13,14). The van der Waals surface area contributed by atoms with Gasteiger partial charge in [0.15, 0.2) is 0 Å². The van der Waals surface area contributed by atoms with Crippen molar-refractivity contribution in [2.24, 2.45) is 5.73 Å². The second-order valence-corrected chi connectivity index (χ2v) is 2.54. The highest BCUT2D eigenvalue weighted by atomic mass is 19.3. The molecule has 0 saturated heterocycles. The van der Waals surface area contributed by atoms with Gasteiger partial charge in [0.25, 0.3) is 12.0 Å². The third kappa shape index (κ3) is 1.63. The smallest absolute Gasteiger partial charge is 0.265 e. The van der Waals surface area contributed by atoms with Crippen LogP contribution in [0.15, 0.2) is 11.0 Å². The average molecular weight is 199 g/mol. The van der Waals surface area contributed by atoms with E-state index in [0.717, 1.165) is 6.20 Å². The summed E-state index contributed by atoms with van der Waals surface area (Å²) in [5.41, 5.74) is 3.41. The van der Waals surface area contributed by atoms with Crippen LogP contribution in [0.1, 0.15) is 23.1 Å². The number of pyridine rings is 1. The minimum Gasteiger partial charge on any atom is -0.327 e. The summed E-state index contributed by atoms with van der Waals surface area (Å²) in [4.78, 5) is 13.2. The van der Waals surface area contributed by atoms with Gasteiger partial charge in [-0.1, -0.05) is 0 Å². The van der Waals surface area contributed by atoms with Gasteiger partial charge in [0.1, 0.15) is 6.07 Å². The van der Waals surface area contributed by atoms with Crippen molar-refractivity contribution in [3.8, 4) is 6.07 Å². The first-order valence-electron chi connectivity index (χ1n) is 3.74. The van der Waals surface area contributed by atoms with E-state index in [1.54, 1.807) is 6.07 Å². The van der Waals surface area contributed by atoms with E-state index >= 15 is 0 Å². The maximum absolute atomic E-state index is 12.5. The van der Waals surface area contributed by atoms with Gasteiger partial charge in [-0.05, 0) is 0 Å². The van der Waals surface area contributed by atoms with E-state index in [2.05, 4.69) is 4.98 Å². The van der Waals surface area contributed by atoms with Crippen molar-refractivity contribution in [1.82, 2.24) is 4.98 Å². The fourth-order valence-electron chi connectivity index (χ4n) is 1.13. The SMILES string of the molecule is N#Cc1c[nH]c(=O)c(CN)c1C(F)F. The van der Waals surface area contributed by atoms with E-state index in [-0.39, 0.29) is 17.7 Å². The molecule has 0 radical (unpaired) electrons. The lowest BCUT2D eigenvalue weighted by Gasteiger charge is -2.06. The van der Waals surface area contributed by atoms with Gasteiger partial charge in [-0.2, -0.15) is 5.26 Å². The lowest BCUT2D eigenvalue weighted by atomic mass is 10.1. The Hall–Kier alpha value is -1.74. The lowest BCUT2D eigenvalue weighted by Crippen LogP contribution is -2.20. The molecule has 0 atom stereocenters. The largest absolute Gasteiger partial charge is 0.327 e. The summed E-state index contributed by atoms with van der Waals surface area (Å²) in [6.07, 6.45) is -1.91. The van der Waals surface area contributed by atoms with Crippen LogP contribution >= 0.6 is 0 Å². The molecule has 1 heterocycles. The number of hydrogen-bond donors (Lipinski definition) is 2. The molecule has 4 nitrogen and oxygen atoms in total. The predicted molar refractivity (Wildman–Crippen MR) is 44.6 cm³/mol. The molecule has 0 unspecified atom stereocenters. The molecule has 0 spiro atoms. The number of aromatic nitrogens is 1. The first-order valence-corrected chi connectivity index (χ1v) is 3.74. The molecule has 6 heteroatoms. The third-order valence-corrected chi connectivity index (χ3v) is 1.78. The number of H-pyrrole nitrogens is 1. The molecule has 0 aromatic carbocycles. The van der Waals surface area contributed by atoms with Crippen LogP contribution in [0.3, 0.4) is 0 Å². The Morgan fingerprint density at radius 1 is 1.64 bits per heavy atom. The van der Waals surface area contributed by atoms with E-state index in [4.69, 9.17) is 11.0 Å². The summed E-state index contributed by atoms with van der Waals surface area (Å²) in [7, 11) is 0. The fourth-order valence-corrected chi connectivity index (χ4v) is 1.13. The Bertz CT molecular complexity index is 433. The average Bonchev–Trinajstić information content (AvgIpc) is 2.17. The Balaban J connectivity index is 3.54. The van der Waals surface area contributed by atoms with Gasteiger partial charge in [0, 0.05) is 23.9 Å². The monoisotopic (exact) mass is 199 g/mol. The molecule has 1 aromatic rings. The van der Waals surface area contributed by atoms with Crippen LogP contribution in [-0.2, 0) is 6.54 Å². The van der Waals surface area contributed by atoms with Gasteiger partial charge in [-0.3, -0.25) is 4.79 Å². The second kappa shape index (κ2) is 3.98. The number of nitrogens with two attached hydrogens (primary N) is 1. The summed E-state index contributed by atoms with van der Waals surface area (Å²) in [5, 5.41) is 8.53. The van der Waals surface area contributed by atoms with Gasteiger partial charge < -0.3 is 10.7 Å². The molecule has 0 aliphatic carbocycles. The number of halogens is 2. The van der Waals surface area contributed by atoms with E-state index < -0.39 is 17.5 Å². The highest BCUT2D eigenvalue weighted by Crippen LogP contribution is 2.23. The molecule has 1 rings (SSSR count). The molecule has 1 aromatic heterocycles. The zero-order valence-electron chi connectivity index (χ0n) is 7.05. The number of nitriles is 1. The van der Waals surface area contributed by atoms with Gasteiger partial charge in [-0.25, -0.2) is 8.78 Å². The van der Waals surface area contributed by atoms with Crippen LogP contribution in [0, 0.1) is 11.3 Å². The number of rotatable bonds is 2. The molecule has 0 bridgehead atoms. The minimum absolute atomic E-state index is 0.237. The van der Waals surface area contributed by atoms with Gasteiger partial charge >= 0.3 is 0 Å². The number of nitrogens with one attached hydrogen (secondary N) is 1. The molecule has 14 heavy (non-hydrogen) atoms. The molecule has 0 aliphatic heterocycles. The predicted octanol–water partition coefficient (Wildman–Crippen LogP) is 0.643. The molecular formula is C8H7F2N3O. The van der Waals surface area contributed by atoms with E-state index in [9.17, 15) is 13.6 Å². The molecular weight excluding hydrogens is 192 g/mol. The van der Waals surface area contributed by atoms with Crippen LogP contribution in [0.25, 0.3) is 0 Å². The highest BCUT2D eigenvalue weighted by Gasteiger charge is 2.19. The number of hydrogen-bond acceptors (Lipinski definition) is 3. The van der Waals surface area contributed by atoms with Crippen molar-refractivity contribution in [3.05, 3.63) is 33.2 Å². The molecule has 0 saturated carbocycles. The Labute approximate surface area is 78.0 Å². The topological polar surface area (TPSA) is 82.7 Å². The van der Waals surface area contributed by atoms with Crippen molar-refractivity contribution < 1.29 is 8.78 Å². The Morgan fingerprint density at radius 3 is 2.71 bits per heavy atom. The van der Waals surface area contributed by atoms with Crippen LogP contribution in [-0.4, -0.2) is 4.98 Å². The fraction of sp³-hybridized carbons (Fsp3) is 0.250. The quantitative estimate of drug-likeness (QED) is 0.733. The zero-order valence-corrected chi connectivity index (χ0v) is 7.05. The van der Waals surface area contributed by atoms with Gasteiger partial charge in [0.2, 0.25) is 0 Å². The first kappa shape index (κ1) is 10.3.